The zero-order chi connectivity index (χ0) is 28.3. The summed E-state index contributed by atoms with van der Waals surface area (Å²) in [5, 5.41) is 2.66. The number of hydrogen-bond acceptors (Lipinski definition) is 7. The molecule has 0 saturated heterocycles. The van der Waals surface area contributed by atoms with Crippen LogP contribution >= 0.6 is 0 Å². The lowest BCUT2D eigenvalue weighted by molar-refractivity contribution is -0.116. The predicted octanol–water partition coefficient (Wildman–Crippen LogP) is 3.91. The zero-order valence-electron chi connectivity index (χ0n) is 22.0. The molecule has 12 heteroatoms. The summed E-state index contributed by atoms with van der Waals surface area (Å²) in [5.74, 6) is 0.178. The number of ether oxygens (including phenoxy) is 2. The van der Waals surface area contributed by atoms with E-state index in [0.29, 0.717) is 28.4 Å². The number of rotatable bonds is 10. The number of amides is 1. The van der Waals surface area contributed by atoms with Gasteiger partial charge in [-0.05, 0) is 74.4 Å². The van der Waals surface area contributed by atoms with Gasteiger partial charge in [0.15, 0.2) is 0 Å². The fourth-order valence-electron chi connectivity index (χ4n) is 3.80. The van der Waals surface area contributed by atoms with Gasteiger partial charge in [-0.3, -0.25) is 13.8 Å². The van der Waals surface area contributed by atoms with Crippen LogP contribution in [0, 0.1) is 13.8 Å². The molecule has 0 aromatic heterocycles. The van der Waals surface area contributed by atoms with Crippen LogP contribution in [0.4, 0.5) is 17.1 Å². The van der Waals surface area contributed by atoms with Gasteiger partial charge >= 0.3 is 0 Å². The highest BCUT2D eigenvalue weighted by atomic mass is 32.2. The Balaban J connectivity index is 1.81. The summed E-state index contributed by atoms with van der Waals surface area (Å²) in [6.07, 6.45) is 1.04. The third-order valence-electron chi connectivity index (χ3n) is 5.77. The van der Waals surface area contributed by atoms with Crippen molar-refractivity contribution in [3.8, 4) is 11.5 Å². The highest BCUT2D eigenvalue weighted by Crippen LogP contribution is 2.31. The second-order valence-corrected chi connectivity index (χ2v) is 12.3. The van der Waals surface area contributed by atoms with Gasteiger partial charge in [0.1, 0.15) is 17.5 Å². The summed E-state index contributed by atoms with van der Waals surface area (Å²) in [6.45, 7) is 5.09. The number of methoxy groups -OCH3 is 2. The van der Waals surface area contributed by atoms with Crippen molar-refractivity contribution in [1.29, 1.82) is 0 Å². The highest BCUT2D eigenvalue weighted by Gasteiger charge is 2.30. The molecule has 0 fully saturated rings. The molecule has 0 bridgehead atoms. The van der Waals surface area contributed by atoms with Crippen LogP contribution in [-0.2, 0) is 24.8 Å². The maximum Gasteiger partial charge on any atom is 0.262 e. The Bertz CT molecular complexity index is 1540. The fraction of sp³-hybridized carbons (Fsp3) is 0.269. The lowest BCUT2D eigenvalue weighted by atomic mass is 10.1. The van der Waals surface area contributed by atoms with Gasteiger partial charge in [-0.15, -0.1) is 0 Å². The largest absolute Gasteiger partial charge is 0.497 e. The summed E-state index contributed by atoms with van der Waals surface area (Å²) in [6, 6.07) is 14.5. The number of nitrogens with one attached hydrogen (secondary N) is 2. The first-order valence-electron chi connectivity index (χ1n) is 11.5. The Labute approximate surface area is 223 Å². The maximum atomic E-state index is 13.1. The second-order valence-electron chi connectivity index (χ2n) is 8.71. The Morgan fingerprint density at radius 1 is 0.895 bits per heavy atom. The number of carbonyl (C=O) groups excluding carboxylic acids is 1. The van der Waals surface area contributed by atoms with Crippen molar-refractivity contribution in [3.05, 3.63) is 71.8 Å². The van der Waals surface area contributed by atoms with Crippen molar-refractivity contribution in [2.45, 2.75) is 31.7 Å². The number of carbonyl (C=O) groups is 1. The minimum absolute atomic E-state index is 0.0541. The molecule has 0 saturated carbocycles. The topological polar surface area (TPSA) is 131 Å². The summed E-state index contributed by atoms with van der Waals surface area (Å²) in [7, 11) is -4.91. The maximum absolute atomic E-state index is 13.1. The molecule has 0 unspecified atom stereocenters. The number of benzene rings is 3. The van der Waals surface area contributed by atoms with Gasteiger partial charge in [0.2, 0.25) is 15.9 Å². The average Bonchev–Trinajstić information content (AvgIpc) is 2.85. The summed E-state index contributed by atoms with van der Waals surface area (Å²) in [5.41, 5.74) is 2.47. The number of hydrogen-bond donors (Lipinski definition) is 2. The van der Waals surface area contributed by atoms with Crippen LogP contribution in [0.3, 0.4) is 0 Å². The highest BCUT2D eigenvalue weighted by molar-refractivity contribution is 7.92. The molecule has 0 radical (unpaired) electrons. The Morgan fingerprint density at radius 3 is 2.13 bits per heavy atom. The van der Waals surface area contributed by atoms with E-state index in [1.807, 2.05) is 13.0 Å². The van der Waals surface area contributed by atoms with E-state index in [-0.39, 0.29) is 10.6 Å². The molecule has 10 nitrogen and oxygen atoms in total. The van der Waals surface area contributed by atoms with Gasteiger partial charge in [-0.2, -0.15) is 0 Å². The molecule has 0 spiro atoms. The first-order chi connectivity index (χ1) is 17.8. The zero-order valence-corrected chi connectivity index (χ0v) is 23.6. The van der Waals surface area contributed by atoms with Crippen LogP contribution < -0.4 is 23.8 Å². The van der Waals surface area contributed by atoms with E-state index < -0.39 is 32.0 Å². The van der Waals surface area contributed by atoms with Gasteiger partial charge in [0, 0.05) is 11.8 Å². The molecule has 0 aliphatic rings. The monoisotopic (exact) mass is 561 g/mol. The smallest absolute Gasteiger partial charge is 0.262 e. The molecule has 0 heterocycles. The Hall–Kier alpha value is -3.77. The standard InChI is InChI=1S/C26H31N3O7S2/c1-17-7-8-18(2)24(15-17)29(37(6,31)32)19(3)26(30)27-20-9-12-22(13-10-20)38(33,34)28-23-16-21(35-4)11-14-25(23)36-5/h7-16,19,28H,1-6H3,(H,27,30)/t19-/m1/s1. The fourth-order valence-corrected chi connectivity index (χ4v) is 6.08. The molecular weight excluding hydrogens is 530 g/mol. The summed E-state index contributed by atoms with van der Waals surface area (Å²) < 4.78 is 65.1. The van der Waals surface area contributed by atoms with Gasteiger partial charge in [0.25, 0.3) is 10.0 Å². The van der Waals surface area contributed by atoms with Crippen molar-refractivity contribution in [2.24, 2.45) is 0 Å². The van der Waals surface area contributed by atoms with Gasteiger partial charge < -0.3 is 14.8 Å². The van der Waals surface area contributed by atoms with E-state index in [1.54, 1.807) is 31.2 Å². The molecule has 1 atom stereocenters. The van der Waals surface area contributed by atoms with Crippen LogP contribution in [0.15, 0.2) is 65.6 Å². The van der Waals surface area contributed by atoms with Crippen molar-refractivity contribution >= 4 is 43.0 Å². The van der Waals surface area contributed by atoms with E-state index in [1.165, 1.54) is 51.5 Å². The molecule has 0 aliphatic heterocycles. The lowest BCUT2D eigenvalue weighted by Gasteiger charge is -2.29. The van der Waals surface area contributed by atoms with Crippen LogP contribution in [0.5, 0.6) is 11.5 Å². The van der Waals surface area contributed by atoms with E-state index in [2.05, 4.69) is 10.0 Å². The first kappa shape index (κ1) is 28.8. The van der Waals surface area contributed by atoms with Crippen LogP contribution in [0.1, 0.15) is 18.1 Å². The van der Waals surface area contributed by atoms with Crippen molar-refractivity contribution in [1.82, 2.24) is 0 Å². The van der Waals surface area contributed by atoms with Gasteiger partial charge in [-0.25, -0.2) is 16.8 Å². The molecule has 3 aromatic carbocycles. The molecule has 2 N–H and O–H groups in total. The van der Waals surface area contributed by atoms with E-state index >= 15 is 0 Å². The van der Waals surface area contributed by atoms with Crippen molar-refractivity contribution in [2.75, 3.05) is 34.8 Å². The normalized spacial score (nSPS) is 12.4. The molecule has 1 amide bonds. The third-order valence-corrected chi connectivity index (χ3v) is 8.38. The molecular formula is C26H31N3O7S2. The minimum Gasteiger partial charge on any atom is -0.497 e. The predicted molar refractivity (Wildman–Crippen MR) is 148 cm³/mol. The molecule has 0 aliphatic carbocycles. The number of aryl methyl sites for hydroxylation is 2. The van der Waals surface area contributed by atoms with Crippen LogP contribution in [0.25, 0.3) is 0 Å². The van der Waals surface area contributed by atoms with E-state index in [0.717, 1.165) is 16.1 Å². The van der Waals surface area contributed by atoms with Crippen LogP contribution in [-0.4, -0.2) is 49.3 Å². The van der Waals surface area contributed by atoms with Crippen molar-refractivity contribution < 1.29 is 31.1 Å². The average molecular weight is 562 g/mol. The number of sulfonamides is 2. The SMILES string of the molecule is COc1ccc(OC)c(NS(=O)(=O)c2ccc(NC(=O)[C@@H](C)N(c3cc(C)ccc3C)S(C)(=O)=O)cc2)c1. The summed E-state index contributed by atoms with van der Waals surface area (Å²) in [4.78, 5) is 13.0. The molecule has 3 rings (SSSR count). The lowest BCUT2D eigenvalue weighted by Crippen LogP contribution is -2.45. The second kappa shape index (κ2) is 11.3. The Kier molecular flexibility index (Phi) is 8.58. The van der Waals surface area contributed by atoms with Gasteiger partial charge in [0.05, 0.1) is 36.7 Å². The van der Waals surface area contributed by atoms with Gasteiger partial charge in [-0.1, -0.05) is 12.1 Å². The third kappa shape index (κ3) is 6.56. The first-order valence-corrected chi connectivity index (χ1v) is 14.8. The van der Waals surface area contributed by atoms with E-state index in [9.17, 15) is 21.6 Å². The summed E-state index contributed by atoms with van der Waals surface area (Å²) >= 11 is 0. The quantitative estimate of drug-likeness (QED) is 0.384. The molecule has 38 heavy (non-hydrogen) atoms. The number of nitrogens with zero attached hydrogens (tertiary/aromatic N) is 1. The van der Waals surface area contributed by atoms with Crippen LogP contribution in [0.2, 0.25) is 0 Å². The minimum atomic E-state index is -4.00. The molecule has 204 valence electrons. The molecule has 3 aromatic rings. The Morgan fingerprint density at radius 2 is 1.55 bits per heavy atom. The number of anilines is 3. The van der Waals surface area contributed by atoms with Crippen molar-refractivity contribution in [3.63, 3.8) is 0 Å². The van der Waals surface area contributed by atoms with E-state index in [4.69, 9.17) is 9.47 Å².